The summed E-state index contributed by atoms with van der Waals surface area (Å²) >= 11 is 0. The fourth-order valence-corrected chi connectivity index (χ4v) is 2.78. The van der Waals surface area contributed by atoms with Gasteiger partial charge in [0.05, 0.1) is 12.7 Å². The first kappa shape index (κ1) is 16.3. The predicted molar refractivity (Wildman–Crippen MR) is 85.8 cm³/mol. The van der Waals surface area contributed by atoms with Crippen LogP contribution in [0.1, 0.15) is 32.3 Å². The Morgan fingerprint density at radius 2 is 2.10 bits per heavy atom. The summed E-state index contributed by atoms with van der Waals surface area (Å²) in [5.41, 5.74) is 7.10. The van der Waals surface area contributed by atoms with Gasteiger partial charge in [0.1, 0.15) is 5.75 Å². The molecule has 0 aromatic heterocycles. The maximum absolute atomic E-state index is 6.01. The Labute approximate surface area is 128 Å². The molecule has 0 radical (unpaired) electrons. The molecule has 0 spiro atoms. The average molecular weight is 292 g/mol. The Morgan fingerprint density at radius 1 is 1.38 bits per heavy atom. The zero-order valence-corrected chi connectivity index (χ0v) is 13.4. The van der Waals surface area contributed by atoms with E-state index in [1.54, 1.807) is 7.11 Å². The minimum Gasteiger partial charge on any atom is -0.497 e. The number of methoxy groups -OCH3 is 1. The van der Waals surface area contributed by atoms with E-state index in [0.29, 0.717) is 6.54 Å². The summed E-state index contributed by atoms with van der Waals surface area (Å²) in [6.07, 6.45) is 3.16. The summed E-state index contributed by atoms with van der Waals surface area (Å²) in [6, 6.07) is 8.19. The van der Waals surface area contributed by atoms with Crippen LogP contribution in [0.2, 0.25) is 0 Å². The van der Waals surface area contributed by atoms with Crippen molar-refractivity contribution in [2.45, 2.75) is 44.2 Å². The van der Waals surface area contributed by atoms with Crippen LogP contribution in [0.25, 0.3) is 0 Å². The molecule has 1 aliphatic heterocycles. The van der Waals surface area contributed by atoms with E-state index in [0.717, 1.165) is 38.2 Å². The largest absolute Gasteiger partial charge is 0.497 e. The van der Waals surface area contributed by atoms with E-state index < -0.39 is 0 Å². The van der Waals surface area contributed by atoms with Crippen LogP contribution in [0.15, 0.2) is 24.3 Å². The van der Waals surface area contributed by atoms with Gasteiger partial charge in [-0.1, -0.05) is 12.1 Å². The summed E-state index contributed by atoms with van der Waals surface area (Å²) in [5.74, 6) is 0.882. The molecule has 2 rings (SSSR count). The van der Waals surface area contributed by atoms with E-state index >= 15 is 0 Å². The molecule has 1 aromatic rings. The highest BCUT2D eigenvalue weighted by Crippen LogP contribution is 2.25. The van der Waals surface area contributed by atoms with Gasteiger partial charge in [-0.15, -0.1) is 0 Å². The third kappa shape index (κ3) is 4.43. The topological polar surface area (TPSA) is 56.5 Å². The zero-order valence-electron chi connectivity index (χ0n) is 13.4. The van der Waals surface area contributed by atoms with Crippen molar-refractivity contribution in [1.29, 1.82) is 0 Å². The molecule has 1 fully saturated rings. The molecule has 21 heavy (non-hydrogen) atoms. The van der Waals surface area contributed by atoms with E-state index in [1.807, 2.05) is 12.1 Å². The lowest BCUT2D eigenvalue weighted by molar-refractivity contribution is 0.0151. The fraction of sp³-hybridized carbons (Fsp3) is 0.647. The Morgan fingerprint density at radius 3 is 2.62 bits per heavy atom. The molecular formula is C17H28N2O2. The highest BCUT2D eigenvalue weighted by Gasteiger charge is 2.32. The van der Waals surface area contributed by atoms with E-state index in [-0.39, 0.29) is 11.1 Å². The number of nitrogens with one attached hydrogen (secondary N) is 1. The molecule has 3 N–H and O–H groups in total. The van der Waals surface area contributed by atoms with Crippen molar-refractivity contribution < 1.29 is 9.47 Å². The van der Waals surface area contributed by atoms with Gasteiger partial charge < -0.3 is 20.5 Å². The third-order valence-corrected chi connectivity index (χ3v) is 4.39. The SMILES string of the molecule is COc1ccc(CC(C)(CN)NCC2(C)CCCO2)cc1. The lowest BCUT2D eigenvalue weighted by atomic mass is 9.91. The molecule has 0 saturated carbocycles. The van der Waals surface area contributed by atoms with Crippen LogP contribution < -0.4 is 15.8 Å². The standard InChI is InChI=1S/C17H28N2O2/c1-16(12-18,19-13-17(2)9-4-10-21-17)11-14-5-7-15(20-3)8-6-14/h5-8,19H,4,9-13,18H2,1-3H3. The van der Waals surface area contributed by atoms with Gasteiger partial charge in [0, 0.05) is 25.2 Å². The highest BCUT2D eigenvalue weighted by molar-refractivity contribution is 5.28. The zero-order chi connectivity index (χ0) is 15.3. The number of hydrogen-bond donors (Lipinski definition) is 2. The van der Waals surface area contributed by atoms with Crippen molar-refractivity contribution in [3.63, 3.8) is 0 Å². The van der Waals surface area contributed by atoms with Gasteiger partial charge >= 0.3 is 0 Å². The van der Waals surface area contributed by atoms with Gasteiger partial charge in [0.2, 0.25) is 0 Å². The number of benzene rings is 1. The lowest BCUT2D eigenvalue weighted by Crippen LogP contribution is -2.54. The van der Waals surface area contributed by atoms with Crippen molar-refractivity contribution in [2.24, 2.45) is 5.73 Å². The molecule has 4 heteroatoms. The molecule has 1 aliphatic rings. The summed E-state index contributed by atoms with van der Waals surface area (Å²) in [5, 5.41) is 3.62. The maximum atomic E-state index is 6.01. The van der Waals surface area contributed by atoms with Crippen LogP contribution in [0, 0.1) is 0 Å². The molecule has 1 saturated heterocycles. The lowest BCUT2D eigenvalue weighted by Gasteiger charge is -2.34. The molecule has 0 bridgehead atoms. The van der Waals surface area contributed by atoms with Crippen molar-refractivity contribution in [1.82, 2.24) is 5.32 Å². The van der Waals surface area contributed by atoms with Crippen LogP contribution in [0.4, 0.5) is 0 Å². The van der Waals surface area contributed by atoms with Crippen LogP contribution in [-0.2, 0) is 11.2 Å². The predicted octanol–water partition coefficient (Wildman–Crippen LogP) is 2.11. The van der Waals surface area contributed by atoms with Crippen LogP contribution in [0.3, 0.4) is 0 Å². The fourth-order valence-electron chi connectivity index (χ4n) is 2.78. The first-order valence-electron chi connectivity index (χ1n) is 7.71. The molecule has 1 aromatic carbocycles. The van der Waals surface area contributed by atoms with E-state index in [2.05, 4.69) is 31.3 Å². The highest BCUT2D eigenvalue weighted by atomic mass is 16.5. The molecule has 0 aliphatic carbocycles. The van der Waals surface area contributed by atoms with E-state index in [4.69, 9.17) is 15.2 Å². The Balaban J connectivity index is 1.95. The molecule has 4 nitrogen and oxygen atoms in total. The summed E-state index contributed by atoms with van der Waals surface area (Å²) in [6.45, 7) is 6.66. The summed E-state index contributed by atoms with van der Waals surface area (Å²) in [7, 11) is 1.68. The smallest absolute Gasteiger partial charge is 0.118 e. The van der Waals surface area contributed by atoms with Gasteiger partial charge in [0.15, 0.2) is 0 Å². The first-order valence-corrected chi connectivity index (χ1v) is 7.71. The molecule has 2 atom stereocenters. The normalized spacial score (nSPS) is 24.8. The quantitative estimate of drug-likeness (QED) is 0.808. The van der Waals surface area contributed by atoms with E-state index in [9.17, 15) is 0 Å². The second kappa shape index (κ2) is 6.77. The third-order valence-electron chi connectivity index (χ3n) is 4.39. The van der Waals surface area contributed by atoms with E-state index in [1.165, 1.54) is 5.56 Å². The number of rotatable bonds is 7. The van der Waals surface area contributed by atoms with Crippen LogP contribution in [0.5, 0.6) is 5.75 Å². The van der Waals surface area contributed by atoms with Gasteiger partial charge in [-0.3, -0.25) is 0 Å². The van der Waals surface area contributed by atoms with Gasteiger partial charge in [-0.25, -0.2) is 0 Å². The van der Waals surface area contributed by atoms with Crippen molar-refractivity contribution in [3.05, 3.63) is 29.8 Å². The molecule has 1 heterocycles. The van der Waals surface area contributed by atoms with Crippen LogP contribution >= 0.6 is 0 Å². The summed E-state index contributed by atoms with van der Waals surface area (Å²) in [4.78, 5) is 0. The summed E-state index contributed by atoms with van der Waals surface area (Å²) < 4.78 is 11.0. The van der Waals surface area contributed by atoms with Gasteiger partial charge in [-0.05, 0) is 50.8 Å². The molecular weight excluding hydrogens is 264 g/mol. The monoisotopic (exact) mass is 292 g/mol. The minimum absolute atomic E-state index is 0.0453. The average Bonchev–Trinajstić information content (AvgIpc) is 2.94. The molecule has 2 unspecified atom stereocenters. The minimum atomic E-state index is -0.121. The van der Waals surface area contributed by atoms with Gasteiger partial charge in [0.25, 0.3) is 0 Å². The maximum Gasteiger partial charge on any atom is 0.118 e. The molecule has 118 valence electrons. The Hall–Kier alpha value is -1.10. The Kier molecular flexibility index (Phi) is 5.25. The Bertz CT molecular complexity index is 441. The second-order valence-electron chi connectivity index (χ2n) is 6.55. The number of hydrogen-bond acceptors (Lipinski definition) is 4. The van der Waals surface area contributed by atoms with Crippen molar-refractivity contribution in [2.75, 3.05) is 26.8 Å². The number of nitrogens with two attached hydrogens (primary N) is 1. The second-order valence-corrected chi connectivity index (χ2v) is 6.55. The molecule has 0 amide bonds. The van der Waals surface area contributed by atoms with Crippen molar-refractivity contribution in [3.8, 4) is 5.75 Å². The van der Waals surface area contributed by atoms with Crippen molar-refractivity contribution >= 4 is 0 Å². The first-order chi connectivity index (χ1) is 9.99. The number of ether oxygens (including phenoxy) is 2. The van der Waals surface area contributed by atoms with Crippen LogP contribution in [-0.4, -0.2) is 37.9 Å². The van der Waals surface area contributed by atoms with Gasteiger partial charge in [-0.2, -0.15) is 0 Å².